The Morgan fingerprint density at radius 3 is 2.74 bits per heavy atom. The zero-order valence-electron chi connectivity index (χ0n) is 11.2. The van der Waals surface area contributed by atoms with Gasteiger partial charge in [-0.25, -0.2) is 0 Å². The summed E-state index contributed by atoms with van der Waals surface area (Å²) >= 11 is 0. The molecule has 1 aliphatic carbocycles. The molecule has 0 bridgehead atoms. The van der Waals surface area contributed by atoms with Crippen LogP contribution in [0.2, 0.25) is 0 Å². The zero-order valence-corrected chi connectivity index (χ0v) is 11.2. The molecule has 0 saturated heterocycles. The lowest BCUT2D eigenvalue weighted by Crippen LogP contribution is -2.24. The Morgan fingerprint density at radius 2 is 1.89 bits per heavy atom. The number of rotatable bonds is 5. The van der Waals surface area contributed by atoms with Crippen molar-refractivity contribution in [2.24, 2.45) is 0 Å². The smallest absolute Gasteiger partial charge is 0.0733 e. The fourth-order valence-electron chi connectivity index (χ4n) is 2.75. The minimum atomic E-state index is 0.645. The van der Waals surface area contributed by atoms with Gasteiger partial charge in [0.1, 0.15) is 0 Å². The van der Waals surface area contributed by atoms with Crippen molar-refractivity contribution in [3.63, 3.8) is 0 Å². The molecule has 0 aliphatic heterocycles. The van der Waals surface area contributed by atoms with E-state index in [1.165, 1.54) is 28.8 Å². The fraction of sp³-hybridized carbons (Fsp3) is 0.294. The van der Waals surface area contributed by atoms with Crippen molar-refractivity contribution in [2.45, 2.75) is 18.9 Å². The quantitative estimate of drug-likeness (QED) is 0.879. The molecular weight excluding hydrogens is 234 g/mol. The summed E-state index contributed by atoms with van der Waals surface area (Å²) in [5.74, 6) is 0.645. The second-order valence-electron chi connectivity index (χ2n) is 5.07. The molecule has 0 spiro atoms. The van der Waals surface area contributed by atoms with Gasteiger partial charge in [0.05, 0.1) is 6.61 Å². The molecule has 2 aromatic rings. The molecule has 98 valence electrons. The van der Waals surface area contributed by atoms with Gasteiger partial charge in [0.15, 0.2) is 0 Å². The Balaban J connectivity index is 1.65. The minimum absolute atomic E-state index is 0.645. The van der Waals surface area contributed by atoms with Crippen LogP contribution in [0.25, 0.3) is 0 Å². The third-order valence-electron chi connectivity index (χ3n) is 3.82. The van der Waals surface area contributed by atoms with Crippen molar-refractivity contribution >= 4 is 5.69 Å². The van der Waals surface area contributed by atoms with Crippen LogP contribution in [0.1, 0.15) is 22.6 Å². The minimum Gasteiger partial charge on any atom is -0.384 e. The Hall–Kier alpha value is -1.80. The summed E-state index contributed by atoms with van der Waals surface area (Å²) in [6.07, 6.45) is 1.19. The highest BCUT2D eigenvalue weighted by molar-refractivity contribution is 5.52. The first-order chi connectivity index (χ1) is 9.38. The van der Waals surface area contributed by atoms with Gasteiger partial charge in [-0.2, -0.15) is 0 Å². The number of hydrogen-bond acceptors (Lipinski definition) is 2. The third-order valence-corrected chi connectivity index (χ3v) is 3.82. The van der Waals surface area contributed by atoms with Crippen LogP contribution in [0.15, 0.2) is 48.5 Å². The van der Waals surface area contributed by atoms with Gasteiger partial charge in [0.25, 0.3) is 0 Å². The number of hydrogen-bond donors (Lipinski definition) is 1. The standard InChI is InChI=1S/C17H19NO/c1-19-12-14-7-3-5-9-17(14)18-11-15-10-13-6-2-4-8-16(13)15/h2-9,15,18H,10-12H2,1H3. The number of nitrogens with one attached hydrogen (secondary N) is 1. The second-order valence-corrected chi connectivity index (χ2v) is 5.07. The molecule has 3 rings (SSSR count). The Morgan fingerprint density at radius 1 is 1.11 bits per heavy atom. The summed E-state index contributed by atoms with van der Waals surface area (Å²) in [7, 11) is 1.74. The third kappa shape index (κ3) is 2.49. The van der Waals surface area contributed by atoms with Crippen LogP contribution in [0.5, 0.6) is 0 Å². The van der Waals surface area contributed by atoms with Crippen molar-refractivity contribution in [2.75, 3.05) is 19.0 Å². The average molecular weight is 253 g/mol. The topological polar surface area (TPSA) is 21.3 Å². The van der Waals surface area contributed by atoms with Gasteiger partial charge < -0.3 is 10.1 Å². The first-order valence-electron chi connectivity index (χ1n) is 6.77. The lowest BCUT2D eigenvalue weighted by Gasteiger charge is -2.30. The largest absolute Gasteiger partial charge is 0.384 e. The highest BCUT2D eigenvalue weighted by Crippen LogP contribution is 2.34. The number of methoxy groups -OCH3 is 1. The second kappa shape index (κ2) is 5.45. The SMILES string of the molecule is COCc1ccccc1NCC1Cc2ccccc21. The number of benzene rings is 2. The van der Waals surface area contributed by atoms with Crippen LogP contribution >= 0.6 is 0 Å². The van der Waals surface area contributed by atoms with E-state index in [9.17, 15) is 0 Å². The molecule has 0 fully saturated rings. The van der Waals surface area contributed by atoms with E-state index in [1.807, 2.05) is 0 Å². The van der Waals surface area contributed by atoms with Crippen LogP contribution < -0.4 is 5.32 Å². The van der Waals surface area contributed by atoms with E-state index < -0.39 is 0 Å². The van der Waals surface area contributed by atoms with Gasteiger partial charge >= 0.3 is 0 Å². The van der Waals surface area contributed by atoms with E-state index in [-0.39, 0.29) is 0 Å². The van der Waals surface area contributed by atoms with Crippen molar-refractivity contribution in [1.82, 2.24) is 0 Å². The first-order valence-corrected chi connectivity index (χ1v) is 6.77. The molecule has 0 radical (unpaired) electrons. The Bertz CT molecular complexity index is 565. The predicted molar refractivity (Wildman–Crippen MR) is 78.5 cm³/mol. The van der Waals surface area contributed by atoms with E-state index in [2.05, 4.69) is 53.8 Å². The van der Waals surface area contributed by atoms with Crippen LogP contribution in [0.4, 0.5) is 5.69 Å². The van der Waals surface area contributed by atoms with Gasteiger partial charge in [0, 0.05) is 30.8 Å². The number of fused-ring (bicyclic) bond motifs is 1. The lowest BCUT2D eigenvalue weighted by atomic mass is 9.77. The van der Waals surface area contributed by atoms with Crippen molar-refractivity contribution < 1.29 is 4.74 Å². The summed E-state index contributed by atoms with van der Waals surface area (Å²) in [5.41, 5.74) is 5.41. The molecule has 2 nitrogen and oxygen atoms in total. The lowest BCUT2D eigenvalue weighted by molar-refractivity contribution is 0.185. The number of anilines is 1. The van der Waals surface area contributed by atoms with Gasteiger partial charge in [-0.1, -0.05) is 42.5 Å². The highest BCUT2D eigenvalue weighted by atomic mass is 16.5. The summed E-state index contributed by atoms with van der Waals surface area (Å²) in [6, 6.07) is 17.1. The van der Waals surface area contributed by atoms with Crippen LogP contribution in [-0.4, -0.2) is 13.7 Å². The molecule has 2 aromatic carbocycles. The van der Waals surface area contributed by atoms with Gasteiger partial charge in [-0.05, 0) is 23.6 Å². The fourth-order valence-corrected chi connectivity index (χ4v) is 2.75. The molecule has 1 atom stereocenters. The molecular formula is C17H19NO. The summed E-state index contributed by atoms with van der Waals surface area (Å²) in [4.78, 5) is 0. The van der Waals surface area contributed by atoms with Crippen LogP contribution in [-0.2, 0) is 17.8 Å². The van der Waals surface area contributed by atoms with Crippen molar-refractivity contribution in [1.29, 1.82) is 0 Å². The summed E-state index contributed by atoms with van der Waals surface area (Å²) in [6.45, 7) is 1.65. The maximum absolute atomic E-state index is 5.23. The van der Waals surface area contributed by atoms with E-state index in [0.29, 0.717) is 12.5 Å². The van der Waals surface area contributed by atoms with Gasteiger partial charge in [-0.3, -0.25) is 0 Å². The summed E-state index contributed by atoms with van der Waals surface area (Å²) in [5, 5.41) is 3.56. The molecule has 1 aliphatic rings. The maximum Gasteiger partial charge on any atom is 0.0733 e. The van der Waals surface area contributed by atoms with Gasteiger partial charge in [-0.15, -0.1) is 0 Å². The van der Waals surface area contributed by atoms with E-state index in [4.69, 9.17) is 4.74 Å². The Labute approximate surface area is 114 Å². The first kappa shape index (κ1) is 12.2. The number of para-hydroxylation sites is 1. The molecule has 1 N–H and O–H groups in total. The molecule has 0 heterocycles. The summed E-state index contributed by atoms with van der Waals surface area (Å²) < 4.78 is 5.23. The Kier molecular flexibility index (Phi) is 3.51. The average Bonchev–Trinajstić information content (AvgIpc) is 2.42. The van der Waals surface area contributed by atoms with Crippen molar-refractivity contribution in [3.05, 3.63) is 65.2 Å². The van der Waals surface area contributed by atoms with E-state index in [0.717, 1.165) is 6.54 Å². The normalized spacial score (nSPS) is 16.6. The molecule has 2 heteroatoms. The molecule has 1 unspecified atom stereocenters. The van der Waals surface area contributed by atoms with E-state index >= 15 is 0 Å². The van der Waals surface area contributed by atoms with Crippen LogP contribution in [0, 0.1) is 0 Å². The monoisotopic (exact) mass is 253 g/mol. The van der Waals surface area contributed by atoms with Crippen molar-refractivity contribution in [3.8, 4) is 0 Å². The molecule has 0 saturated carbocycles. The van der Waals surface area contributed by atoms with Gasteiger partial charge in [0.2, 0.25) is 0 Å². The number of ether oxygens (including phenoxy) is 1. The molecule has 19 heavy (non-hydrogen) atoms. The molecule has 0 amide bonds. The van der Waals surface area contributed by atoms with Crippen LogP contribution in [0.3, 0.4) is 0 Å². The predicted octanol–water partition coefficient (Wildman–Crippen LogP) is 3.58. The van der Waals surface area contributed by atoms with E-state index in [1.54, 1.807) is 7.11 Å². The maximum atomic E-state index is 5.23. The zero-order chi connectivity index (χ0) is 13.1. The molecule has 0 aromatic heterocycles. The highest BCUT2D eigenvalue weighted by Gasteiger charge is 2.24.